The number of halogens is 7. The number of nitrogens with zero attached hydrogens (tertiary/aromatic N) is 1. The Morgan fingerprint density at radius 2 is 1.80 bits per heavy atom. The second kappa shape index (κ2) is 3.88. The maximum atomic E-state index is 12.9. The van der Waals surface area contributed by atoms with Gasteiger partial charge < -0.3 is 0 Å². The van der Waals surface area contributed by atoms with Crippen molar-refractivity contribution in [1.29, 1.82) is 0 Å². The molecule has 84 valence electrons. The summed E-state index contributed by atoms with van der Waals surface area (Å²) in [5.41, 5.74) is -3.78. The van der Waals surface area contributed by atoms with E-state index in [0.717, 1.165) is 0 Å². The summed E-state index contributed by atoms with van der Waals surface area (Å²) in [6.45, 7) is 0. The highest BCUT2D eigenvalue weighted by Gasteiger charge is 2.41. The molecule has 0 aromatic carbocycles. The third kappa shape index (κ3) is 2.34. The molecule has 0 radical (unpaired) electrons. The Morgan fingerprint density at radius 1 is 1.27 bits per heavy atom. The molecular weight excluding hydrogens is 248 g/mol. The standard InChI is InChI=1S/C7H2ClF6N/c8-2-1-15-5(6(10)11)3(4(2)9)7(12,13)14/h1,6H. The molecule has 0 aliphatic rings. The third-order valence-corrected chi connectivity index (χ3v) is 1.76. The van der Waals surface area contributed by atoms with Crippen molar-refractivity contribution in [3.63, 3.8) is 0 Å². The van der Waals surface area contributed by atoms with Crippen LogP contribution < -0.4 is 0 Å². The van der Waals surface area contributed by atoms with Gasteiger partial charge >= 0.3 is 6.18 Å². The van der Waals surface area contributed by atoms with Gasteiger partial charge in [-0.05, 0) is 0 Å². The minimum Gasteiger partial charge on any atom is -0.253 e. The van der Waals surface area contributed by atoms with Crippen molar-refractivity contribution in [1.82, 2.24) is 4.98 Å². The van der Waals surface area contributed by atoms with E-state index in [1.54, 1.807) is 0 Å². The van der Waals surface area contributed by atoms with E-state index in [-0.39, 0.29) is 0 Å². The van der Waals surface area contributed by atoms with E-state index < -0.39 is 34.7 Å². The van der Waals surface area contributed by atoms with Crippen LogP contribution in [0.4, 0.5) is 26.3 Å². The van der Waals surface area contributed by atoms with Crippen LogP contribution in [0.1, 0.15) is 17.7 Å². The van der Waals surface area contributed by atoms with E-state index in [4.69, 9.17) is 11.6 Å². The summed E-state index contributed by atoms with van der Waals surface area (Å²) in [6.07, 6.45) is -8.37. The SMILES string of the molecule is Fc1c(Cl)cnc(C(F)F)c1C(F)(F)F. The molecule has 0 atom stereocenters. The number of pyridine rings is 1. The quantitative estimate of drug-likeness (QED) is 0.689. The van der Waals surface area contributed by atoms with Crippen molar-refractivity contribution in [3.05, 3.63) is 28.3 Å². The van der Waals surface area contributed by atoms with Crippen LogP contribution in [0.15, 0.2) is 6.20 Å². The van der Waals surface area contributed by atoms with Crippen LogP contribution in [0.25, 0.3) is 0 Å². The summed E-state index contributed by atoms with van der Waals surface area (Å²) in [5.74, 6) is -1.94. The maximum absolute atomic E-state index is 12.9. The van der Waals surface area contributed by atoms with Gasteiger partial charge in [-0.3, -0.25) is 4.98 Å². The van der Waals surface area contributed by atoms with Crippen LogP contribution in [-0.4, -0.2) is 4.98 Å². The Morgan fingerprint density at radius 3 is 2.20 bits per heavy atom. The van der Waals surface area contributed by atoms with Gasteiger partial charge in [-0.25, -0.2) is 13.2 Å². The largest absolute Gasteiger partial charge is 0.421 e. The van der Waals surface area contributed by atoms with Crippen LogP contribution in [0.5, 0.6) is 0 Å². The Kier molecular flexibility index (Phi) is 3.13. The van der Waals surface area contributed by atoms with Crippen molar-refractivity contribution in [2.45, 2.75) is 12.6 Å². The first-order chi connectivity index (χ1) is 6.75. The van der Waals surface area contributed by atoms with Crippen molar-refractivity contribution >= 4 is 11.6 Å². The molecule has 1 nitrogen and oxygen atoms in total. The summed E-state index contributed by atoms with van der Waals surface area (Å²) < 4.78 is 73.6. The lowest BCUT2D eigenvalue weighted by Crippen LogP contribution is -2.14. The average molecular weight is 250 g/mol. The van der Waals surface area contributed by atoms with Gasteiger partial charge in [0, 0.05) is 6.20 Å². The topological polar surface area (TPSA) is 12.9 Å². The van der Waals surface area contributed by atoms with Gasteiger partial charge in [0.05, 0.1) is 5.02 Å². The van der Waals surface area contributed by atoms with Crippen molar-refractivity contribution in [3.8, 4) is 0 Å². The summed E-state index contributed by atoms with van der Waals surface area (Å²) >= 11 is 5.01. The van der Waals surface area contributed by atoms with Gasteiger partial charge in [0.25, 0.3) is 6.43 Å². The first-order valence-electron chi connectivity index (χ1n) is 3.44. The molecule has 1 rings (SSSR count). The third-order valence-electron chi connectivity index (χ3n) is 1.49. The molecule has 0 saturated carbocycles. The molecular formula is C7H2ClF6N. The minimum absolute atomic E-state index is 0.410. The van der Waals surface area contributed by atoms with E-state index in [9.17, 15) is 26.3 Å². The summed E-state index contributed by atoms with van der Waals surface area (Å²) in [6, 6.07) is 0. The van der Waals surface area contributed by atoms with Gasteiger partial charge in [0.1, 0.15) is 11.3 Å². The van der Waals surface area contributed by atoms with Crippen LogP contribution >= 0.6 is 11.6 Å². The minimum atomic E-state index is -5.26. The lowest BCUT2D eigenvalue weighted by atomic mass is 10.2. The number of alkyl halides is 5. The fourth-order valence-electron chi connectivity index (χ4n) is 0.914. The Bertz CT molecular complexity index is 374. The summed E-state index contributed by atoms with van der Waals surface area (Å²) in [5, 5.41) is -0.952. The van der Waals surface area contributed by atoms with Gasteiger partial charge in [-0.2, -0.15) is 13.2 Å². The highest BCUT2D eigenvalue weighted by Crippen LogP contribution is 2.38. The number of hydrogen-bond donors (Lipinski definition) is 0. The molecule has 0 spiro atoms. The molecule has 1 aromatic heterocycles. The van der Waals surface area contributed by atoms with E-state index >= 15 is 0 Å². The predicted octanol–water partition coefficient (Wildman–Crippen LogP) is 3.83. The van der Waals surface area contributed by atoms with Gasteiger partial charge in [0.2, 0.25) is 0 Å². The molecule has 0 fully saturated rings. The Labute approximate surface area is 84.7 Å². The second-order valence-corrected chi connectivity index (χ2v) is 2.89. The smallest absolute Gasteiger partial charge is 0.253 e. The molecule has 1 aromatic rings. The molecule has 1 heterocycles. The van der Waals surface area contributed by atoms with E-state index in [1.165, 1.54) is 0 Å². The van der Waals surface area contributed by atoms with E-state index in [2.05, 4.69) is 4.98 Å². The number of aromatic nitrogens is 1. The van der Waals surface area contributed by atoms with E-state index in [1.807, 2.05) is 0 Å². The van der Waals surface area contributed by atoms with Gasteiger partial charge in [-0.1, -0.05) is 11.6 Å². The zero-order chi connectivity index (χ0) is 11.8. The van der Waals surface area contributed by atoms with Crippen LogP contribution in [0, 0.1) is 5.82 Å². The number of rotatable bonds is 1. The summed E-state index contributed by atoms with van der Waals surface area (Å²) in [4.78, 5) is 2.76. The summed E-state index contributed by atoms with van der Waals surface area (Å²) in [7, 11) is 0. The van der Waals surface area contributed by atoms with E-state index in [0.29, 0.717) is 6.20 Å². The van der Waals surface area contributed by atoms with Crippen LogP contribution in [0.2, 0.25) is 5.02 Å². The van der Waals surface area contributed by atoms with Crippen LogP contribution in [-0.2, 0) is 6.18 Å². The molecule has 0 unspecified atom stereocenters. The lowest BCUT2D eigenvalue weighted by molar-refractivity contribution is -0.142. The zero-order valence-electron chi connectivity index (χ0n) is 6.75. The highest BCUT2D eigenvalue weighted by molar-refractivity contribution is 6.30. The monoisotopic (exact) mass is 249 g/mol. The average Bonchev–Trinajstić information content (AvgIpc) is 2.06. The van der Waals surface area contributed by atoms with Gasteiger partial charge in [0.15, 0.2) is 5.82 Å². The van der Waals surface area contributed by atoms with Crippen LogP contribution in [0.3, 0.4) is 0 Å². The first-order valence-corrected chi connectivity index (χ1v) is 3.82. The number of hydrogen-bond acceptors (Lipinski definition) is 1. The maximum Gasteiger partial charge on any atom is 0.421 e. The Balaban J connectivity index is 3.49. The molecule has 0 aliphatic heterocycles. The zero-order valence-corrected chi connectivity index (χ0v) is 7.50. The highest BCUT2D eigenvalue weighted by atomic mass is 35.5. The second-order valence-electron chi connectivity index (χ2n) is 2.48. The van der Waals surface area contributed by atoms with Crippen molar-refractivity contribution in [2.24, 2.45) is 0 Å². The fourth-order valence-corrected chi connectivity index (χ4v) is 1.06. The van der Waals surface area contributed by atoms with Crippen molar-refractivity contribution in [2.75, 3.05) is 0 Å². The molecule has 0 amide bonds. The predicted molar refractivity (Wildman–Crippen MR) is 39.2 cm³/mol. The fraction of sp³-hybridized carbons (Fsp3) is 0.286. The molecule has 0 saturated heterocycles. The molecule has 0 N–H and O–H groups in total. The van der Waals surface area contributed by atoms with Crippen molar-refractivity contribution < 1.29 is 26.3 Å². The molecule has 15 heavy (non-hydrogen) atoms. The molecule has 0 bridgehead atoms. The van der Waals surface area contributed by atoms with Gasteiger partial charge in [-0.15, -0.1) is 0 Å². The molecule has 8 heteroatoms. The lowest BCUT2D eigenvalue weighted by Gasteiger charge is -2.12. The normalized spacial score (nSPS) is 12.3. The first kappa shape index (κ1) is 12.1. The molecule has 0 aliphatic carbocycles. The Hall–Kier alpha value is -0.980.